The molecule has 2 aromatic carbocycles. The Morgan fingerprint density at radius 2 is 1.69 bits per heavy atom. The average Bonchev–Trinajstić information content (AvgIpc) is 3.35. The lowest BCUT2D eigenvalue weighted by Crippen LogP contribution is -2.33. The van der Waals surface area contributed by atoms with Crippen molar-refractivity contribution in [1.82, 2.24) is 24.8 Å². The minimum atomic E-state index is -3.49. The van der Waals surface area contributed by atoms with E-state index in [-0.39, 0.29) is 5.75 Å². The molecule has 8 nitrogen and oxygen atoms in total. The second kappa shape index (κ2) is 12.8. The molecule has 0 bridgehead atoms. The van der Waals surface area contributed by atoms with E-state index < -0.39 is 16.1 Å². The first-order valence-corrected chi connectivity index (χ1v) is 13.9. The van der Waals surface area contributed by atoms with Gasteiger partial charge in [-0.2, -0.15) is 5.10 Å². The van der Waals surface area contributed by atoms with Crippen LogP contribution >= 0.6 is 0 Å². The summed E-state index contributed by atoms with van der Waals surface area (Å²) >= 11 is 0. The zero-order valence-electron chi connectivity index (χ0n) is 21.2. The van der Waals surface area contributed by atoms with Crippen LogP contribution in [0.15, 0.2) is 54.6 Å². The number of aromatic amines is 1. The summed E-state index contributed by atoms with van der Waals surface area (Å²) in [7, 11) is 0.497. The third kappa shape index (κ3) is 8.16. The zero-order valence-corrected chi connectivity index (χ0v) is 22.1. The second-order valence-corrected chi connectivity index (χ2v) is 10.8. The number of nitrogens with zero attached hydrogens (tertiary/aromatic N) is 4. The summed E-state index contributed by atoms with van der Waals surface area (Å²) in [6, 6.07) is 17.5. The van der Waals surface area contributed by atoms with Gasteiger partial charge < -0.3 is 9.80 Å². The maximum Gasteiger partial charge on any atom is 0.212 e. The molecule has 1 aromatic heterocycles. The van der Waals surface area contributed by atoms with Gasteiger partial charge in [-0.1, -0.05) is 44.2 Å². The van der Waals surface area contributed by atoms with Gasteiger partial charge in [-0.3, -0.25) is 5.10 Å². The molecule has 3 aromatic rings. The Morgan fingerprint density at radius 3 is 2.31 bits per heavy atom. The van der Waals surface area contributed by atoms with E-state index in [1.54, 1.807) is 0 Å². The summed E-state index contributed by atoms with van der Waals surface area (Å²) in [5.74, 6) is 1.16. The van der Waals surface area contributed by atoms with Gasteiger partial charge in [0.05, 0.1) is 11.8 Å². The quantitative estimate of drug-likeness (QED) is 0.351. The van der Waals surface area contributed by atoms with Crippen LogP contribution in [0.5, 0.6) is 0 Å². The van der Waals surface area contributed by atoms with Crippen molar-refractivity contribution in [1.29, 1.82) is 0 Å². The normalized spacial score (nSPS) is 12.7. The molecule has 190 valence electrons. The SMILES string of the molecule is CCN(CC)CCCS(=O)(=O)N[C@H](CCc1ccccc1)c1nc(-c2ccc(N(C)C)cc2)n[nH]1. The third-order valence-corrected chi connectivity index (χ3v) is 7.61. The fourth-order valence-electron chi connectivity index (χ4n) is 3.97. The largest absolute Gasteiger partial charge is 0.378 e. The maximum absolute atomic E-state index is 13.0. The molecule has 0 spiro atoms. The highest BCUT2D eigenvalue weighted by molar-refractivity contribution is 7.89. The molecular formula is C26H38N6O2S. The maximum atomic E-state index is 13.0. The number of aryl methyl sites for hydroxylation is 1. The van der Waals surface area contributed by atoms with Crippen LogP contribution in [-0.4, -0.2) is 68.0 Å². The minimum Gasteiger partial charge on any atom is -0.378 e. The third-order valence-electron chi connectivity index (χ3n) is 6.14. The van der Waals surface area contributed by atoms with Gasteiger partial charge in [0.2, 0.25) is 10.0 Å². The molecule has 0 unspecified atom stereocenters. The van der Waals surface area contributed by atoms with Crippen LogP contribution in [0.25, 0.3) is 11.4 Å². The van der Waals surface area contributed by atoms with E-state index in [1.165, 1.54) is 0 Å². The molecule has 1 atom stereocenters. The van der Waals surface area contributed by atoms with Gasteiger partial charge in [0.25, 0.3) is 0 Å². The molecule has 35 heavy (non-hydrogen) atoms. The summed E-state index contributed by atoms with van der Waals surface area (Å²) in [5.41, 5.74) is 3.11. The van der Waals surface area contributed by atoms with E-state index in [0.717, 1.165) is 42.9 Å². The molecule has 0 aliphatic rings. The van der Waals surface area contributed by atoms with Crippen LogP contribution in [0.3, 0.4) is 0 Å². The van der Waals surface area contributed by atoms with Crippen molar-refractivity contribution in [2.24, 2.45) is 0 Å². The van der Waals surface area contributed by atoms with Crippen LogP contribution in [0.2, 0.25) is 0 Å². The van der Waals surface area contributed by atoms with Gasteiger partial charge >= 0.3 is 0 Å². The van der Waals surface area contributed by atoms with E-state index in [9.17, 15) is 8.42 Å². The van der Waals surface area contributed by atoms with Crippen LogP contribution in [0, 0.1) is 0 Å². The fraction of sp³-hybridized carbons (Fsp3) is 0.462. The number of aromatic nitrogens is 3. The molecule has 9 heteroatoms. The Bertz CT molecular complexity index is 1130. The van der Waals surface area contributed by atoms with Crippen molar-refractivity contribution in [2.45, 2.75) is 39.2 Å². The fourth-order valence-corrected chi connectivity index (χ4v) is 5.26. The number of rotatable bonds is 14. The van der Waals surface area contributed by atoms with E-state index in [4.69, 9.17) is 0 Å². The van der Waals surface area contributed by atoms with Gasteiger partial charge in [-0.25, -0.2) is 18.1 Å². The lowest BCUT2D eigenvalue weighted by Gasteiger charge is -2.19. The molecule has 3 rings (SSSR count). The van der Waals surface area contributed by atoms with Crippen LogP contribution in [-0.2, 0) is 16.4 Å². The smallest absolute Gasteiger partial charge is 0.212 e. The van der Waals surface area contributed by atoms with Gasteiger partial charge in [0.1, 0.15) is 5.82 Å². The van der Waals surface area contributed by atoms with Crippen molar-refractivity contribution in [3.63, 3.8) is 0 Å². The van der Waals surface area contributed by atoms with Crippen molar-refractivity contribution in [3.8, 4) is 11.4 Å². The first-order valence-electron chi connectivity index (χ1n) is 12.3. The summed E-state index contributed by atoms with van der Waals surface area (Å²) in [6.45, 7) is 6.77. The van der Waals surface area contributed by atoms with Crippen LogP contribution < -0.4 is 9.62 Å². The second-order valence-electron chi connectivity index (χ2n) is 8.88. The summed E-state index contributed by atoms with van der Waals surface area (Å²) in [5, 5.41) is 7.37. The molecular weight excluding hydrogens is 460 g/mol. The number of anilines is 1. The summed E-state index contributed by atoms with van der Waals surface area (Å²) in [4.78, 5) is 8.93. The van der Waals surface area contributed by atoms with Gasteiger partial charge in [-0.05, 0) is 68.7 Å². The molecule has 0 fully saturated rings. The number of sulfonamides is 1. The summed E-state index contributed by atoms with van der Waals surface area (Å²) < 4.78 is 28.8. The highest BCUT2D eigenvalue weighted by atomic mass is 32.2. The lowest BCUT2D eigenvalue weighted by molar-refractivity contribution is 0.304. The Balaban J connectivity index is 1.75. The van der Waals surface area contributed by atoms with Gasteiger partial charge in [-0.15, -0.1) is 0 Å². The topological polar surface area (TPSA) is 94.2 Å². The highest BCUT2D eigenvalue weighted by Gasteiger charge is 2.23. The number of nitrogens with one attached hydrogen (secondary N) is 2. The number of hydrogen-bond acceptors (Lipinski definition) is 6. The minimum absolute atomic E-state index is 0.0817. The van der Waals surface area contributed by atoms with Crippen molar-refractivity contribution < 1.29 is 8.42 Å². The molecule has 0 amide bonds. The molecule has 0 aliphatic heterocycles. The van der Waals surface area contributed by atoms with Gasteiger partial charge in [0.15, 0.2) is 5.82 Å². The molecule has 0 aliphatic carbocycles. The molecule has 0 saturated carbocycles. The Morgan fingerprint density at radius 1 is 1.00 bits per heavy atom. The number of hydrogen-bond donors (Lipinski definition) is 2. The van der Waals surface area contributed by atoms with Crippen LogP contribution in [0.4, 0.5) is 5.69 Å². The number of H-pyrrole nitrogens is 1. The summed E-state index contributed by atoms with van der Waals surface area (Å²) in [6.07, 6.45) is 1.89. The van der Waals surface area contributed by atoms with E-state index in [1.807, 2.05) is 73.6 Å². The first kappa shape index (κ1) is 26.8. The zero-order chi connectivity index (χ0) is 25.3. The predicted molar refractivity (Wildman–Crippen MR) is 143 cm³/mol. The molecule has 0 radical (unpaired) electrons. The monoisotopic (exact) mass is 498 g/mol. The highest BCUT2D eigenvalue weighted by Crippen LogP contribution is 2.23. The van der Waals surface area contributed by atoms with Gasteiger partial charge in [0, 0.05) is 25.3 Å². The number of benzene rings is 2. The Labute approximate surface area is 209 Å². The van der Waals surface area contributed by atoms with Crippen molar-refractivity contribution in [3.05, 3.63) is 66.0 Å². The lowest BCUT2D eigenvalue weighted by atomic mass is 10.1. The molecule has 0 saturated heterocycles. The average molecular weight is 499 g/mol. The van der Waals surface area contributed by atoms with Crippen molar-refractivity contribution >= 4 is 15.7 Å². The molecule has 1 heterocycles. The standard InChI is InChI=1S/C26H38N6O2S/c1-5-32(6-2)19-10-20-35(33,34)30-24(18-13-21-11-8-7-9-12-21)26-27-25(28-29-26)22-14-16-23(17-15-22)31(3)4/h7-9,11-12,14-17,24,30H,5-6,10,13,18-20H2,1-4H3,(H,27,28,29)/t24-/m1/s1. The van der Waals surface area contributed by atoms with E-state index in [2.05, 4.69) is 38.7 Å². The van der Waals surface area contributed by atoms with Crippen LogP contribution in [0.1, 0.15) is 44.1 Å². The van der Waals surface area contributed by atoms with Crippen molar-refractivity contribution in [2.75, 3.05) is 44.4 Å². The first-order chi connectivity index (χ1) is 16.8. The Hall–Kier alpha value is -2.75. The van der Waals surface area contributed by atoms with E-state index in [0.29, 0.717) is 24.5 Å². The predicted octanol–water partition coefficient (Wildman–Crippen LogP) is 3.86. The Kier molecular flexibility index (Phi) is 9.83. The van der Waals surface area contributed by atoms with E-state index >= 15 is 0 Å². The molecule has 2 N–H and O–H groups in total.